The first-order valence-electron chi connectivity index (χ1n) is 9.18. The molecule has 29 heavy (non-hydrogen) atoms. The average molecular weight is 410 g/mol. The molecule has 3 rings (SSSR count). The van der Waals surface area contributed by atoms with Gasteiger partial charge in [0, 0.05) is 43.2 Å². The molecule has 0 bridgehead atoms. The maximum absolute atomic E-state index is 12.2. The second-order valence-electron chi connectivity index (χ2n) is 6.17. The Morgan fingerprint density at radius 1 is 1.28 bits per heavy atom. The molecule has 0 atom stereocenters. The third-order valence-corrected chi connectivity index (χ3v) is 5.13. The molecular weight excluding hydrogens is 386 g/mol. The molecule has 1 aromatic carbocycles. The molecule has 0 saturated carbocycles. The number of benzene rings is 1. The molecule has 0 radical (unpaired) electrons. The Morgan fingerprint density at radius 3 is 2.79 bits per heavy atom. The summed E-state index contributed by atoms with van der Waals surface area (Å²) in [5.41, 5.74) is 1.92. The maximum Gasteiger partial charge on any atom is 0.221 e. The Hall–Kier alpha value is -3.13. The lowest BCUT2D eigenvalue weighted by molar-refractivity contribution is -0.120. The number of nitrogens with one attached hydrogen (secondary N) is 1. The van der Waals surface area contributed by atoms with Gasteiger partial charge in [-0.2, -0.15) is 0 Å². The summed E-state index contributed by atoms with van der Waals surface area (Å²) in [5.74, 6) is 2.14. The predicted octanol–water partition coefficient (Wildman–Crippen LogP) is 3.33. The summed E-state index contributed by atoms with van der Waals surface area (Å²) in [6.07, 6.45) is 5.67. The second-order valence-corrected chi connectivity index (χ2v) is 7.23. The van der Waals surface area contributed by atoms with E-state index in [0.717, 1.165) is 27.9 Å². The number of ether oxygens (including phenoxy) is 1. The van der Waals surface area contributed by atoms with Crippen LogP contribution < -0.4 is 10.1 Å². The Bertz CT molecular complexity index is 941. The molecule has 3 aromatic rings. The van der Waals surface area contributed by atoms with Gasteiger partial charge < -0.3 is 10.1 Å². The first-order chi connectivity index (χ1) is 14.2. The number of hydrogen-bond donors (Lipinski definition) is 1. The van der Waals surface area contributed by atoms with Gasteiger partial charge in [-0.05, 0) is 29.8 Å². The highest BCUT2D eigenvalue weighted by atomic mass is 32.2. The molecule has 7 nitrogen and oxygen atoms in total. The summed E-state index contributed by atoms with van der Waals surface area (Å²) in [7, 11) is 1.63. The van der Waals surface area contributed by atoms with Crippen LogP contribution >= 0.6 is 11.8 Å². The van der Waals surface area contributed by atoms with Crippen LogP contribution in [0.3, 0.4) is 0 Å². The van der Waals surface area contributed by atoms with E-state index in [9.17, 15) is 4.79 Å². The van der Waals surface area contributed by atoms with Crippen LogP contribution in [-0.2, 0) is 17.9 Å². The van der Waals surface area contributed by atoms with Crippen molar-refractivity contribution >= 4 is 17.7 Å². The molecule has 1 amide bonds. The number of amides is 1. The first-order valence-corrected chi connectivity index (χ1v) is 10.2. The first kappa shape index (κ1) is 20.6. The van der Waals surface area contributed by atoms with Gasteiger partial charge in [-0.15, -0.1) is 16.8 Å². The zero-order valence-corrected chi connectivity index (χ0v) is 17.1. The van der Waals surface area contributed by atoms with E-state index in [4.69, 9.17) is 4.74 Å². The van der Waals surface area contributed by atoms with E-state index < -0.39 is 0 Å². The third kappa shape index (κ3) is 5.68. The molecule has 150 valence electrons. The van der Waals surface area contributed by atoms with Crippen LogP contribution in [-0.4, -0.2) is 38.5 Å². The molecule has 0 fully saturated rings. The molecule has 0 aliphatic carbocycles. The van der Waals surface area contributed by atoms with Crippen LogP contribution in [0, 0.1) is 0 Å². The van der Waals surface area contributed by atoms with E-state index in [1.807, 2.05) is 41.0 Å². The smallest absolute Gasteiger partial charge is 0.221 e. The molecule has 0 unspecified atom stereocenters. The third-order valence-electron chi connectivity index (χ3n) is 4.16. The van der Waals surface area contributed by atoms with Gasteiger partial charge in [-0.3, -0.25) is 14.3 Å². The topological polar surface area (TPSA) is 81.9 Å². The molecule has 2 aromatic heterocycles. The standard InChI is InChI=1S/C21H23N5O2S/c1-3-12-26-20(17-5-4-11-22-15-17)24-25-21(26)29-13-10-19(27)23-14-16-6-8-18(28-2)9-7-16/h3-9,11,15H,1,10,12-14H2,2H3,(H,23,27). The lowest BCUT2D eigenvalue weighted by atomic mass is 10.2. The van der Waals surface area contributed by atoms with Crippen LogP contribution in [0.2, 0.25) is 0 Å². The van der Waals surface area contributed by atoms with E-state index in [-0.39, 0.29) is 5.91 Å². The second kappa shape index (κ2) is 10.4. The minimum absolute atomic E-state index is 0.00409. The Balaban J connectivity index is 1.52. The van der Waals surface area contributed by atoms with Gasteiger partial charge in [0.25, 0.3) is 0 Å². The van der Waals surface area contributed by atoms with Crippen molar-refractivity contribution in [1.82, 2.24) is 25.1 Å². The number of pyridine rings is 1. The number of allylic oxidation sites excluding steroid dienone is 1. The van der Waals surface area contributed by atoms with E-state index in [0.29, 0.717) is 25.3 Å². The fourth-order valence-electron chi connectivity index (χ4n) is 2.67. The molecule has 0 spiro atoms. The van der Waals surface area contributed by atoms with Crippen molar-refractivity contribution in [3.63, 3.8) is 0 Å². The van der Waals surface area contributed by atoms with Gasteiger partial charge in [0.2, 0.25) is 5.91 Å². The molecule has 0 aliphatic heterocycles. The van der Waals surface area contributed by atoms with Crippen LogP contribution in [0.5, 0.6) is 5.75 Å². The molecule has 8 heteroatoms. The Kier molecular flexibility index (Phi) is 7.40. The Morgan fingerprint density at radius 2 is 2.10 bits per heavy atom. The highest BCUT2D eigenvalue weighted by molar-refractivity contribution is 7.99. The van der Waals surface area contributed by atoms with Gasteiger partial charge in [0.15, 0.2) is 11.0 Å². The summed E-state index contributed by atoms with van der Waals surface area (Å²) in [5, 5.41) is 12.3. The summed E-state index contributed by atoms with van der Waals surface area (Å²) in [6.45, 7) is 4.89. The molecule has 0 saturated heterocycles. The number of rotatable bonds is 10. The number of nitrogens with zero attached hydrogens (tertiary/aromatic N) is 4. The van der Waals surface area contributed by atoms with Crippen LogP contribution in [0.1, 0.15) is 12.0 Å². The van der Waals surface area contributed by atoms with Crippen molar-refractivity contribution in [2.75, 3.05) is 12.9 Å². The van der Waals surface area contributed by atoms with Crippen LogP contribution in [0.4, 0.5) is 0 Å². The molecule has 0 aliphatic rings. The highest BCUT2D eigenvalue weighted by Gasteiger charge is 2.14. The lowest BCUT2D eigenvalue weighted by Gasteiger charge is -2.08. The van der Waals surface area contributed by atoms with Crippen molar-refractivity contribution in [3.05, 3.63) is 67.0 Å². The number of methoxy groups -OCH3 is 1. The minimum Gasteiger partial charge on any atom is -0.497 e. The Labute approximate surface area is 174 Å². The lowest BCUT2D eigenvalue weighted by Crippen LogP contribution is -2.23. The van der Waals surface area contributed by atoms with Gasteiger partial charge in [0.05, 0.1) is 7.11 Å². The van der Waals surface area contributed by atoms with Crippen molar-refractivity contribution < 1.29 is 9.53 Å². The summed E-state index contributed by atoms with van der Waals surface area (Å²) >= 11 is 1.50. The van der Waals surface area contributed by atoms with E-state index in [1.165, 1.54) is 11.8 Å². The molecular formula is C21H23N5O2S. The molecule has 1 N–H and O–H groups in total. The van der Waals surface area contributed by atoms with Gasteiger partial charge in [-0.25, -0.2) is 0 Å². The number of thioether (sulfide) groups is 1. The monoisotopic (exact) mass is 409 g/mol. The molecule has 2 heterocycles. The average Bonchev–Trinajstić information content (AvgIpc) is 3.16. The quantitative estimate of drug-likeness (QED) is 0.409. The zero-order chi connectivity index (χ0) is 20.5. The van der Waals surface area contributed by atoms with Gasteiger partial charge >= 0.3 is 0 Å². The van der Waals surface area contributed by atoms with Crippen LogP contribution in [0.25, 0.3) is 11.4 Å². The van der Waals surface area contributed by atoms with E-state index in [2.05, 4.69) is 27.1 Å². The maximum atomic E-state index is 12.2. The van der Waals surface area contributed by atoms with Crippen molar-refractivity contribution in [2.45, 2.75) is 24.7 Å². The van der Waals surface area contributed by atoms with Crippen molar-refractivity contribution in [1.29, 1.82) is 0 Å². The fraction of sp³-hybridized carbons (Fsp3) is 0.238. The SMILES string of the molecule is C=CCn1c(SCCC(=O)NCc2ccc(OC)cc2)nnc1-c1cccnc1. The number of aromatic nitrogens is 4. The predicted molar refractivity (Wildman–Crippen MR) is 114 cm³/mol. The van der Waals surface area contributed by atoms with E-state index in [1.54, 1.807) is 25.6 Å². The number of carbonyl (C=O) groups excluding carboxylic acids is 1. The normalized spacial score (nSPS) is 10.5. The minimum atomic E-state index is -0.00409. The van der Waals surface area contributed by atoms with Crippen molar-refractivity contribution in [3.8, 4) is 17.1 Å². The van der Waals surface area contributed by atoms with E-state index >= 15 is 0 Å². The van der Waals surface area contributed by atoms with Gasteiger partial charge in [0.1, 0.15) is 5.75 Å². The largest absolute Gasteiger partial charge is 0.497 e. The zero-order valence-electron chi connectivity index (χ0n) is 16.2. The van der Waals surface area contributed by atoms with Gasteiger partial charge in [-0.1, -0.05) is 30.0 Å². The summed E-state index contributed by atoms with van der Waals surface area (Å²) < 4.78 is 7.11. The van der Waals surface area contributed by atoms with Crippen molar-refractivity contribution in [2.24, 2.45) is 0 Å². The van der Waals surface area contributed by atoms with Crippen LogP contribution in [0.15, 0.2) is 66.6 Å². The number of carbonyl (C=O) groups is 1. The summed E-state index contributed by atoms with van der Waals surface area (Å²) in [6, 6.07) is 11.4. The fourth-order valence-corrected chi connectivity index (χ4v) is 3.55. The number of hydrogen-bond acceptors (Lipinski definition) is 6. The highest BCUT2D eigenvalue weighted by Crippen LogP contribution is 2.24. The summed E-state index contributed by atoms with van der Waals surface area (Å²) in [4.78, 5) is 16.3.